The van der Waals surface area contributed by atoms with Gasteiger partial charge in [0.1, 0.15) is 0 Å². The molecule has 0 aromatic heterocycles. The Bertz CT molecular complexity index is 552. The molecule has 1 fully saturated rings. The highest BCUT2D eigenvalue weighted by Crippen LogP contribution is 2.13. The van der Waals surface area contributed by atoms with E-state index in [1.807, 2.05) is 18.2 Å². The topological polar surface area (TPSA) is 52.6 Å². The number of benzene rings is 1. The Labute approximate surface area is 128 Å². The first-order valence-corrected chi connectivity index (χ1v) is 9.33. The van der Waals surface area contributed by atoms with Crippen molar-refractivity contribution in [2.75, 3.05) is 39.0 Å². The van der Waals surface area contributed by atoms with Gasteiger partial charge in [0.2, 0.25) is 10.0 Å². The van der Waals surface area contributed by atoms with Crippen LogP contribution in [0, 0.1) is 0 Å². The van der Waals surface area contributed by atoms with Crippen molar-refractivity contribution in [2.45, 2.75) is 20.0 Å². The van der Waals surface area contributed by atoms with Gasteiger partial charge in [0.15, 0.2) is 0 Å². The summed E-state index contributed by atoms with van der Waals surface area (Å²) >= 11 is 0. The normalized spacial score (nSPS) is 18.0. The van der Waals surface area contributed by atoms with Gasteiger partial charge in [-0.25, -0.2) is 13.1 Å². The molecule has 118 valence electrons. The van der Waals surface area contributed by atoms with Gasteiger partial charge in [0, 0.05) is 39.3 Å². The van der Waals surface area contributed by atoms with E-state index < -0.39 is 10.0 Å². The minimum Gasteiger partial charge on any atom is -0.301 e. The lowest BCUT2D eigenvalue weighted by Gasteiger charge is -2.34. The third-order valence-corrected chi connectivity index (χ3v) is 4.62. The fourth-order valence-electron chi connectivity index (χ4n) is 2.60. The lowest BCUT2D eigenvalue weighted by Crippen LogP contribution is -2.45. The number of sulfonamides is 1. The van der Waals surface area contributed by atoms with Crippen molar-refractivity contribution in [3.63, 3.8) is 0 Å². The maximum absolute atomic E-state index is 11.2. The molecular formula is C15H25N3O2S. The average molecular weight is 311 g/mol. The van der Waals surface area contributed by atoms with Crippen LogP contribution in [0.4, 0.5) is 0 Å². The summed E-state index contributed by atoms with van der Waals surface area (Å²) in [6.45, 7) is 8.93. The fourth-order valence-corrected chi connectivity index (χ4v) is 3.02. The fraction of sp³-hybridized carbons (Fsp3) is 0.600. The molecule has 1 aliphatic rings. The smallest absolute Gasteiger partial charge is 0.209 e. The number of hydrogen-bond donors (Lipinski definition) is 1. The van der Waals surface area contributed by atoms with Gasteiger partial charge in [-0.2, -0.15) is 0 Å². The molecule has 0 saturated carbocycles. The Morgan fingerprint density at radius 3 is 2.19 bits per heavy atom. The van der Waals surface area contributed by atoms with Gasteiger partial charge in [-0.05, 0) is 17.7 Å². The van der Waals surface area contributed by atoms with Crippen molar-refractivity contribution < 1.29 is 8.42 Å². The largest absolute Gasteiger partial charge is 0.301 e. The van der Waals surface area contributed by atoms with Crippen LogP contribution < -0.4 is 4.72 Å². The van der Waals surface area contributed by atoms with E-state index in [9.17, 15) is 8.42 Å². The maximum Gasteiger partial charge on any atom is 0.209 e. The molecule has 0 amide bonds. The van der Waals surface area contributed by atoms with Crippen molar-refractivity contribution >= 4 is 10.0 Å². The summed E-state index contributed by atoms with van der Waals surface area (Å²) < 4.78 is 25.1. The first kappa shape index (κ1) is 16.4. The minimum atomic E-state index is -3.15. The zero-order chi connectivity index (χ0) is 15.3. The molecule has 21 heavy (non-hydrogen) atoms. The molecule has 0 atom stereocenters. The van der Waals surface area contributed by atoms with E-state index in [2.05, 4.69) is 27.5 Å². The quantitative estimate of drug-likeness (QED) is 0.847. The molecule has 0 unspecified atom stereocenters. The highest BCUT2D eigenvalue weighted by molar-refractivity contribution is 7.88. The maximum atomic E-state index is 11.2. The Morgan fingerprint density at radius 2 is 1.62 bits per heavy atom. The molecule has 1 N–H and O–H groups in total. The summed E-state index contributed by atoms with van der Waals surface area (Å²) in [5, 5.41) is 0. The van der Waals surface area contributed by atoms with E-state index in [4.69, 9.17) is 0 Å². The minimum absolute atomic E-state index is 0.365. The molecule has 0 bridgehead atoms. The molecule has 0 aliphatic carbocycles. The number of hydrogen-bond acceptors (Lipinski definition) is 4. The molecule has 0 radical (unpaired) electrons. The van der Waals surface area contributed by atoms with Crippen LogP contribution >= 0.6 is 0 Å². The standard InChI is InChI=1S/C15H25N3O2S/c1-3-17-8-10-18(11-9-17)13-15-7-5-4-6-14(15)12-16-21(2,19)20/h4-7,16H,3,8-13H2,1-2H3. The third kappa shape index (κ3) is 5.39. The number of likely N-dealkylation sites (N-methyl/N-ethyl adjacent to an activating group) is 1. The molecule has 1 heterocycles. The van der Waals surface area contributed by atoms with E-state index in [1.165, 1.54) is 11.8 Å². The first-order valence-electron chi connectivity index (χ1n) is 7.44. The highest BCUT2D eigenvalue weighted by Gasteiger charge is 2.16. The summed E-state index contributed by atoms with van der Waals surface area (Å²) in [4.78, 5) is 4.89. The van der Waals surface area contributed by atoms with E-state index in [0.29, 0.717) is 6.54 Å². The Balaban J connectivity index is 1.97. The van der Waals surface area contributed by atoms with Crippen molar-refractivity contribution in [1.82, 2.24) is 14.5 Å². The van der Waals surface area contributed by atoms with Gasteiger partial charge in [-0.15, -0.1) is 0 Å². The second-order valence-corrected chi connectivity index (χ2v) is 7.41. The lowest BCUT2D eigenvalue weighted by atomic mass is 10.1. The van der Waals surface area contributed by atoms with Crippen LogP contribution in [0.2, 0.25) is 0 Å². The number of piperazine rings is 1. The van der Waals surface area contributed by atoms with Gasteiger partial charge >= 0.3 is 0 Å². The van der Waals surface area contributed by atoms with Crippen LogP contribution in [0.5, 0.6) is 0 Å². The van der Waals surface area contributed by atoms with Crippen LogP contribution in [-0.4, -0.2) is 57.2 Å². The van der Waals surface area contributed by atoms with Gasteiger partial charge in [0.25, 0.3) is 0 Å². The van der Waals surface area contributed by atoms with E-state index in [-0.39, 0.29) is 0 Å². The van der Waals surface area contributed by atoms with Crippen LogP contribution in [0.3, 0.4) is 0 Å². The molecule has 1 aromatic rings. The predicted octanol–water partition coefficient (Wildman–Crippen LogP) is 0.873. The Hall–Kier alpha value is -0.950. The number of rotatable bonds is 6. The van der Waals surface area contributed by atoms with Crippen molar-refractivity contribution in [1.29, 1.82) is 0 Å². The molecule has 5 nitrogen and oxygen atoms in total. The van der Waals surface area contributed by atoms with E-state index >= 15 is 0 Å². The van der Waals surface area contributed by atoms with Crippen molar-refractivity contribution in [3.05, 3.63) is 35.4 Å². The molecule has 2 rings (SSSR count). The molecule has 6 heteroatoms. The predicted molar refractivity (Wildman–Crippen MR) is 85.5 cm³/mol. The Kier molecular flexibility index (Phi) is 5.75. The zero-order valence-corrected chi connectivity index (χ0v) is 13.7. The van der Waals surface area contributed by atoms with Crippen LogP contribution in [0.1, 0.15) is 18.1 Å². The van der Waals surface area contributed by atoms with Crippen LogP contribution in [0.15, 0.2) is 24.3 Å². The Morgan fingerprint density at radius 1 is 1.05 bits per heavy atom. The summed E-state index contributed by atoms with van der Waals surface area (Å²) in [5.41, 5.74) is 2.26. The van der Waals surface area contributed by atoms with Gasteiger partial charge in [-0.3, -0.25) is 4.90 Å². The molecule has 1 saturated heterocycles. The van der Waals surface area contributed by atoms with Crippen molar-refractivity contribution in [3.8, 4) is 0 Å². The van der Waals surface area contributed by atoms with Gasteiger partial charge < -0.3 is 4.90 Å². The average Bonchev–Trinajstić information content (AvgIpc) is 2.46. The zero-order valence-electron chi connectivity index (χ0n) is 12.9. The highest BCUT2D eigenvalue weighted by atomic mass is 32.2. The molecule has 1 aliphatic heterocycles. The summed E-state index contributed by atoms with van der Waals surface area (Å²) in [6.07, 6.45) is 1.19. The number of nitrogens with one attached hydrogen (secondary N) is 1. The van der Waals surface area contributed by atoms with Crippen molar-refractivity contribution in [2.24, 2.45) is 0 Å². The molecule has 0 spiro atoms. The monoisotopic (exact) mass is 311 g/mol. The summed E-state index contributed by atoms with van der Waals surface area (Å²) in [5.74, 6) is 0. The second-order valence-electron chi connectivity index (χ2n) is 5.57. The number of nitrogens with zero attached hydrogens (tertiary/aromatic N) is 2. The second kappa shape index (κ2) is 7.35. The lowest BCUT2D eigenvalue weighted by molar-refractivity contribution is 0.131. The summed E-state index contributed by atoms with van der Waals surface area (Å²) in [6, 6.07) is 8.06. The van der Waals surface area contributed by atoms with E-state index in [0.717, 1.165) is 44.8 Å². The van der Waals surface area contributed by atoms with E-state index in [1.54, 1.807) is 0 Å². The van der Waals surface area contributed by atoms with Gasteiger partial charge in [0.05, 0.1) is 6.26 Å². The summed E-state index contributed by atoms with van der Waals surface area (Å²) in [7, 11) is -3.15. The molecule has 1 aromatic carbocycles. The first-order chi connectivity index (χ1) is 9.98. The molecular weight excluding hydrogens is 286 g/mol. The van der Waals surface area contributed by atoms with Gasteiger partial charge in [-0.1, -0.05) is 31.2 Å². The van der Waals surface area contributed by atoms with Crippen LogP contribution in [-0.2, 0) is 23.1 Å². The van der Waals surface area contributed by atoms with Crippen LogP contribution in [0.25, 0.3) is 0 Å². The third-order valence-electron chi connectivity index (χ3n) is 3.95. The SMILES string of the molecule is CCN1CCN(Cc2ccccc2CNS(C)(=O)=O)CC1.